The van der Waals surface area contributed by atoms with E-state index in [1.165, 1.54) is 0 Å². The van der Waals surface area contributed by atoms with E-state index in [1.807, 2.05) is 0 Å². The molecule has 8 heteroatoms. The molecule has 3 unspecified atom stereocenters. The van der Waals surface area contributed by atoms with E-state index in [9.17, 15) is 24.4 Å². The zero-order valence-corrected chi connectivity index (χ0v) is 8.45. The molecule has 92 valence electrons. The molecule has 1 heterocycles. The summed E-state index contributed by atoms with van der Waals surface area (Å²) in [5.41, 5.74) is 0. The van der Waals surface area contributed by atoms with Gasteiger partial charge in [0.25, 0.3) is 0 Å². The molecular weight excluding hydrogens is 223 g/mol. The first-order chi connectivity index (χ1) is 7.49. The van der Waals surface area contributed by atoms with Gasteiger partial charge in [0, 0.05) is 17.9 Å². The van der Waals surface area contributed by atoms with E-state index in [0.717, 1.165) is 4.90 Å². The van der Waals surface area contributed by atoms with Gasteiger partial charge in [-0.05, 0) is 6.42 Å². The quantitative estimate of drug-likeness (QED) is 0.534. The van der Waals surface area contributed by atoms with Crippen LogP contribution in [0.4, 0.5) is 9.18 Å². The van der Waals surface area contributed by atoms with Crippen molar-refractivity contribution in [3.05, 3.63) is 10.1 Å². The van der Waals surface area contributed by atoms with Crippen LogP contribution >= 0.6 is 0 Å². The summed E-state index contributed by atoms with van der Waals surface area (Å²) < 4.78 is 12.4. The van der Waals surface area contributed by atoms with Crippen LogP contribution in [0, 0.1) is 10.1 Å². The molecule has 7 nitrogen and oxygen atoms in total. The van der Waals surface area contributed by atoms with Gasteiger partial charge >= 0.3 is 6.09 Å². The van der Waals surface area contributed by atoms with Gasteiger partial charge in [0.1, 0.15) is 18.8 Å². The number of rotatable bonds is 3. The fourth-order valence-corrected chi connectivity index (χ4v) is 2.01. The molecular formula is C8H13FN2O5. The molecule has 0 aliphatic carbocycles. The Labute approximate surface area is 90.6 Å². The summed E-state index contributed by atoms with van der Waals surface area (Å²) in [7, 11) is 0. The number of likely N-dealkylation sites (tertiary alicyclic amines) is 1. The zero-order valence-electron chi connectivity index (χ0n) is 8.45. The standard InChI is InChI=1S/C8H13FN2O5/c9-4-6(12)7-5(11(15)16)2-1-3-10(7)8(13)14/h5-7,12H,1-4H2,(H,13,14). The van der Waals surface area contributed by atoms with Gasteiger partial charge in [0.15, 0.2) is 0 Å². The molecule has 3 atom stereocenters. The first kappa shape index (κ1) is 12.6. The van der Waals surface area contributed by atoms with Crippen molar-refractivity contribution in [3.63, 3.8) is 0 Å². The molecule has 0 aromatic rings. The number of hydrogen-bond acceptors (Lipinski definition) is 4. The van der Waals surface area contributed by atoms with Crippen LogP contribution in [-0.2, 0) is 0 Å². The molecule has 0 bridgehead atoms. The van der Waals surface area contributed by atoms with E-state index in [-0.39, 0.29) is 13.0 Å². The second kappa shape index (κ2) is 5.06. The van der Waals surface area contributed by atoms with Gasteiger partial charge in [-0.2, -0.15) is 0 Å². The summed E-state index contributed by atoms with van der Waals surface area (Å²) in [6.07, 6.45) is -2.53. The Hall–Kier alpha value is -1.44. The highest BCUT2D eigenvalue weighted by atomic mass is 19.1. The number of amides is 1. The smallest absolute Gasteiger partial charge is 0.407 e. The first-order valence-corrected chi connectivity index (χ1v) is 4.86. The Balaban J connectivity index is 2.93. The average Bonchev–Trinajstić information content (AvgIpc) is 2.26. The van der Waals surface area contributed by atoms with Crippen LogP contribution in [-0.4, -0.2) is 57.5 Å². The van der Waals surface area contributed by atoms with E-state index in [2.05, 4.69) is 0 Å². The predicted octanol–water partition coefficient (Wildman–Crippen LogP) is 0.105. The van der Waals surface area contributed by atoms with Crippen molar-refractivity contribution in [2.75, 3.05) is 13.2 Å². The van der Waals surface area contributed by atoms with Crippen LogP contribution in [0.2, 0.25) is 0 Å². The molecule has 1 fully saturated rings. The third-order valence-electron chi connectivity index (χ3n) is 2.72. The molecule has 1 aliphatic rings. The van der Waals surface area contributed by atoms with E-state index in [4.69, 9.17) is 5.11 Å². The lowest BCUT2D eigenvalue weighted by Crippen LogP contribution is -2.59. The number of nitro groups is 1. The molecule has 0 saturated carbocycles. The van der Waals surface area contributed by atoms with Crippen molar-refractivity contribution in [3.8, 4) is 0 Å². The van der Waals surface area contributed by atoms with Gasteiger partial charge in [-0.25, -0.2) is 9.18 Å². The molecule has 1 aliphatic heterocycles. The molecule has 2 N–H and O–H groups in total. The van der Waals surface area contributed by atoms with Crippen molar-refractivity contribution in [2.45, 2.75) is 31.0 Å². The third-order valence-corrected chi connectivity index (χ3v) is 2.72. The van der Waals surface area contributed by atoms with Crippen LogP contribution in [0.25, 0.3) is 0 Å². The summed E-state index contributed by atoms with van der Waals surface area (Å²) in [4.78, 5) is 21.6. The lowest BCUT2D eigenvalue weighted by atomic mass is 9.93. The molecule has 1 rings (SSSR count). The average molecular weight is 236 g/mol. The lowest BCUT2D eigenvalue weighted by Gasteiger charge is -2.36. The SMILES string of the molecule is O=C(O)N1CCCC([N+](=O)[O-])C1C(O)CF. The van der Waals surface area contributed by atoms with Gasteiger partial charge in [-0.1, -0.05) is 0 Å². The maximum absolute atomic E-state index is 12.4. The molecule has 1 amide bonds. The number of alkyl halides is 1. The van der Waals surface area contributed by atoms with Crippen LogP contribution in [0.3, 0.4) is 0 Å². The highest BCUT2D eigenvalue weighted by Gasteiger charge is 2.45. The fraction of sp³-hybridized carbons (Fsp3) is 0.875. The number of nitrogens with zero attached hydrogens (tertiary/aromatic N) is 2. The van der Waals surface area contributed by atoms with Gasteiger partial charge in [-0.15, -0.1) is 0 Å². The molecule has 0 aromatic carbocycles. The van der Waals surface area contributed by atoms with Crippen LogP contribution < -0.4 is 0 Å². The van der Waals surface area contributed by atoms with Gasteiger partial charge in [0.2, 0.25) is 6.04 Å². The summed E-state index contributed by atoms with van der Waals surface area (Å²) in [6.45, 7) is -1.11. The molecule has 16 heavy (non-hydrogen) atoms. The minimum absolute atomic E-state index is 0.0847. The Morgan fingerprint density at radius 2 is 2.31 bits per heavy atom. The van der Waals surface area contributed by atoms with Gasteiger partial charge < -0.3 is 10.2 Å². The van der Waals surface area contributed by atoms with Crippen LogP contribution in [0.5, 0.6) is 0 Å². The third kappa shape index (κ3) is 2.38. The topological polar surface area (TPSA) is 104 Å². The maximum Gasteiger partial charge on any atom is 0.407 e. The Kier molecular flexibility index (Phi) is 3.99. The van der Waals surface area contributed by atoms with Crippen molar-refractivity contribution in [1.82, 2.24) is 4.90 Å². The van der Waals surface area contributed by atoms with Crippen molar-refractivity contribution < 1.29 is 24.3 Å². The number of carboxylic acid groups (broad SMARTS) is 1. The molecule has 0 spiro atoms. The van der Waals surface area contributed by atoms with Gasteiger partial charge in [0.05, 0.1) is 0 Å². The molecule has 0 aromatic heterocycles. The number of halogens is 1. The maximum atomic E-state index is 12.4. The van der Waals surface area contributed by atoms with Crippen molar-refractivity contribution in [1.29, 1.82) is 0 Å². The highest BCUT2D eigenvalue weighted by molar-refractivity contribution is 5.65. The fourth-order valence-electron chi connectivity index (χ4n) is 2.01. The zero-order chi connectivity index (χ0) is 12.3. The van der Waals surface area contributed by atoms with Crippen molar-refractivity contribution >= 4 is 6.09 Å². The predicted molar refractivity (Wildman–Crippen MR) is 50.5 cm³/mol. The monoisotopic (exact) mass is 236 g/mol. The molecule has 1 saturated heterocycles. The molecule has 0 radical (unpaired) electrons. The number of piperidine rings is 1. The minimum Gasteiger partial charge on any atom is -0.465 e. The van der Waals surface area contributed by atoms with E-state index < -0.39 is 35.9 Å². The highest BCUT2D eigenvalue weighted by Crippen LogP contribution is 2.23. The Morgan fingerprint density at radius 1 is 1.69 bits per heavy atom. The van der Waals surface area contributed by atoms with Crippen LogP contribution in [0.1, 0.15) is 12.8 Å². The first-order valence-electron chi connectivity index (χ1n) is 4.86. The van der Waals surface area contributed by atoms with Crippen LogP contribution in [0.15, 0.2) is 0 Å². The van der Waals surface area contributed by atoms with E-state index in [1.54, 1.807) is 0 Å². The second-order valence-corrected chi connectivity index (χ2v) is 3.68. The number of hydrogen-bond donors (Lipinski definition) is 2. The second-order valence-electron chi connectivity index (χ2n) is 3.68. The normalized spacial score (nSPS) is 27.5. The number of aliphatic hydroxyl groups is 1. The summed E-state index contributed by atoms with van der Waals surface area (Å²) in [5.74, 6) is 0. The lowest BCUT2D eigenvalue weighted by molar-refractivity contribution is -0.535. The summed E-state index contributed by atoms with van der Waals surface area (Å²) in [6, 6.07) is -2.54. The largest absolute Gasteiger partial charge is 0.465 e. The van der Waals surface area contributed by atoms with Gasteiger partial charge in [-0.3, -0.25) is 15.0 Å². The Bertz CT molecular complexity index is 266. The number of aliphatic hydroxyl groups excluding tert-OH is 1. The van der Waals surface area contributed by atoms with E-state index >= 15 is 0 Å². The minimum atomic E-state index is -1.65. The summed E-state index contributed by atoms with van der Waals surface area (Å²) in [5, 5.41) is 28.9. The summed E-state index contributed by atoms with van der Waals surface area (Å²) >= 11 is 0. The van der Waals surface area contributed by atoms with E-state index in [0.29, 0.717) is 6.42 Å². The van der Waals surface area contributed by atoms with Crippen molar-refractivity contribution in [2.24, 2.45) is 0 Å². The number of carbonyl (C=O) groups is 1. The Morgan fingerprint density at radius 3 is 2.75 bits per heavy atom.